The van der Waals surface area contributed by atoms with Crippen molar-refractivity contribution in [3.05, 3.63) is 42.0 Å². The van der Waals surface area contributed by atoms with Gasteiger partial charge in [0, 0.05) is 0 Å². The molecule has 0 bridgehead atoms. The highest BCUT2D eigenvalue weighted by molar-refractivity contribution is 5.38. The van der Waals surface area contributed by atoms with Gasteiger partial charge in [-0.2, -0.15) is 0 Å². The first-order valence-electron chi connectivity index (χ1n) is 6.02. The van der Waals surface area contributed by atoms with Gasteiger partial charge in [-0.25, -0.2) is 0 Å². The summed E-state index contributed by atoms with van der Waals surface area (Å²) in [6.45, 7) is 4.53. The van der Waals surface area contributed by atoms with Crippen molar-refractivity contribution in [1.29, 1.82) is 0 Å². The Morgan fingerprint density at radius 2 is 2.06 bits per heavy atom. The van der Waals surface area contributed by atoms with Gasteiger partial charge in [-0.3, -0.25) is 0 Å². The number of hydrogen-bond acceptors (Lipinski definition) is 1. The second-order valence-electron chi connectivity index (χ2n) is 4.79. The summed E-state index contributed by atoms with van der Waals surface area (Å²) in [6, 6.07) is 8.50. The quantitative estimate of drug-likeness (QED) is 0.693. The molecular formula is C15H20O. The van der Waals surface area contributed by atoms with Crippen LogP contribution in [0.1, 0.15) is 32.3 Å². The first-order chi connectivity index (χ1) is 7.70. The van der Waals surface area contributed by atoms with E-state index in [1.165, 1.54) is 12.0 Å². The maximum Gasteiger partial charge on any atom is 0.118 e. The van der Waals surface area contributed by atoms with Crippen molar-refractivity contribution in [1.82, 2.24) is 0 Å². The van der Waals surface area contributed by atoms with E-state index < -0.39 is 0 Å². The fourth-order valence-corrected chi connectivity index (χ4v) is 2.28. The Kier molecular flexibility index (Phi) is 3.04. The van der Waals surface area contributed by atoms with Crippen molar-refractivity contribution in [3.8, 4) is 5.75 Å². The van der Waals surface area contributed by atoms with Crippen LogP contribution in [-0.2, 0) is 5.41 Å². The molecule has 1 aromatic rings. The second kappa shape index (κ2) is 4.32. The fourth-order valence-electron chi connectivity index (χ4n) is 2.28. The lowest BCUT2D eigenvalue weighted by molar-refractivity contribution is 0.414. The Morgan fingerprint density at radius 1 is 1.38 bits per heavy atom. The molecule has 2 unspecified atom stereocenters. The molecule has 86 valence electrons. The zero-order valence-electron chi connectivity index (χ0n) is 10.4. The van der Waals surface area contributed by atoms with E-state index in [1.807, 2.05) is 0 Å². The molecule has 1 aliphatic rings. The van der Waals surface area contributed by atoms with Gasteiger partial charge in [-0.15, -0.1) is 0 Å². The maximum absolute atomic E-state index is 5.18. The summed E-state index contributed by atoms with van der Waals surface area (Å²) in [5.74, 6) is 1.66. The molecule has 1 aliphatic carbocycles. The van der Waals surface area contributed by atoms with E-state index in [2.05, 4.69) is 50.3 Å². The molecule has 0 aromatic heterocycles. The Labute approximate surface area is 98.1 Å². The zero-order valence-corrected chi connectivity index (χ0v) is 10.4. The second-order valence-corrected chi connectivity index (χ2v) is 4.79. The standard InChI is InChI=1S/C15H20O/c1-4-5-6-13-11-15(13,2)12-7-9-14(16-3)10-8-12/h5-10,13H,4,11H2,1-3H3/b6-5+. The number of ether oxygens (including phenoxy) is 1. The van der Waals surface area contributed by atoms with Crippen LogP contribution >= 0.6 is 0 Å². The third-order valence-electron chi connectivity index (χ3n) is 3.66. The van der Waals surface area contributed by atoms with Crippen LogP contribution in [0.4, 0.5) is 0 Å². The highest BCUT2D eigenvalue weighted by atomic mass is 16.5. The molecule has 1 nitrogen and oxygen atoms in total. The SMILES string of the molecule is CC/C=C/C1CC1(C)c1ccc(OC)cc1. The lowest BCUT2D eigenvalue weighted by Crippen LogP contribution is -2.03. The summed E-state index contributed by atoms with van der Waals surface area (Å²) in [5, 5.41) is 0. The van der Waals surface area contributed by atoms with Crippen molar-refractivity contribution in [2.24, 2.45) is 5.92 Å². The molecule has 16 heavy (non-hydrogen) atoms. The van der Waals surface area contributed by atoms with E-state index in [4.69, 9.17) is 4.74 Å². The topological polar surface area (TPSA) is 9.23 Å². The van der Waals surface area contributed by atoms with Gasteiger partial charge in [0.25, 0.3) is 0 Å². The Balaban J connectivity index is 2.10. The first kappa shape index (κ1) is 11.3. The Bertz CT molecular complexity index is 377. The van der Waals surface area contributed by atoms with E-state index >= 15 is 0 Å². The molecule has 2 rings (SSSR count). The van der Waals surface area contributed by atoms with Crippen molar-refractivity contribution in [2.75, 3.05) is 7.11 Å². The van der Waals surface area contributed by atoms with Crippen LogP contribution in [-0.4, -0.2) is 7.11 Å². The highest BCUT2D eigenvalue weighted by Gasteiger charge is 2.49. The van der Waals surface area contributed by atoms with Crippen molar-refractivity contribution in [3.63, 3.8) is 0 Å². The van der Waals surface area contributed by atoms with Crippen LogP contribution in [0.15, 0.2) is 36.4 Å². The minimum absolute atomic E-state index is 0.359. The molecule has 0 radical (unpaired) electrons. The first-order valence-corrected chi connectivity index (χ1v) is 6.02. The molecule has 1 fully saturated rings. The third kappa shape index (κ3) is 1.99. The van der Waals surface area contributed by atoms with Crippen molar-refractivity contribution in [2.45, 2.75) is 32.1 Å². The van der Waals surface area contributed by atoms with E-state index in [0.717, 1.165) is 18.1 Å². The molecule has 1 saturated carbocycles. The van der Waals surface area contributed by atoms with Gasteiger partial charge in [-0.05, 0) is 41.9 Å². The van der Waals surface area contributed by atoms with Crippen LogP contribution in [0.2, 0.25) is 0 Å². The van der Waals surface area contributed by atoms with Gasteiger partial charge >= 0.3 is 0 Å². The summed E-state index contributed by atoms with van der Waals surface area (Å²) < 4.78 is 5.18. The predicted molar refractivity (Wildman–Crippen MR) is 67.9 cm³/mol. The van der Waals surface area contributed by atoms with Gasteiger partial charge in [0.05, 0.1) is 7.11 Å². The summed E-state index contributed by atoms with van der Waals surface area (Å²) in [6.07, 6.45) is 7.05. The average molecular weight is 216 g/mol. The average Bonchev–Trinajstić information content (AvgIpc) is 2.99. The molecule has 2 atom stereocenters. The number of benzene rings is 1. The molecule has 0 heterocycles. The lowest BCUT2D eigenvalue weighted by atomic mass is 9.95. The molecule has 1 heteroatoms. The summed E-state index contributed by atoms with van der Waals surface area (Å²) in [7, 11) is 1.71. The molecule has 0 amide bonds. The number of methoxy groups -OCH3 is 1. The monoisotopic (exact) mass is 216 g/mol. The third-order valence-corrected chi connectivity index (χ3v) is 3.66. The Hall–Kier alpha value is -1.24. The summed E-state index contributed by atoms with van der Waals surface area (Å²) in [5.41, 5.74) is 1.79. The summed E-state index contributed by atoms with van der Waals surface area (Å²) in [4.78, 5) is 0. The highest BCUT2D eigenvalue weighted by Crippen LogP contribution is 2.54. The molecule has 0 saturated heterocycles. The van der Waals surface area contributed by atoms with Crippen LogP contribution in [0, 0.1) is 5.92 Å². The minimum Gasteiger partial charge on any atom is -0.497 e. The number of allylic oxidation sites excluding steroid dienone is 2. The number of hydrogen-bond donors (Lipinski definition) is 0. The van der Waals surface area contributed by atoms with E-state index in [-0.39, 0.29) is 0 Å². The molecular weight excluding hydrogens is 196 g/mol. The predicted octanol–water partition coefficient (Wildman–Crippen LogP) is 3.94. The van der Waals surface area contributed by atoms with E-state index in [9.17, 15) is 0 Å². The van der Waals surface area contributed by atoms with Gasteiger partial charge in [0.1, 0.15) is 5.75 Å². The maximum atomic E-state index is 5.18. The van der Waals surface area contributed by atoms with Crippen molar-refractivity contribution >= 4 is 0 Å². The van der Waals surface area contributed by atoms with Crippen LogP contribution in [0.5, 0.6) is 5.75 Å². The smallest absolute Gasteiger partial charge is 0.118 e. The molecule has 1 aromatic carbocycles. The van der Waals surface area contributed by atoms with Gasteiger partial charge in [0.2, 0.25) is 0 Å². The largest absolute Gasteiger partial charge is 0.497 e. The summed E-state index contributed by atoms with van der Waals surface area (Å²) >= 11 is 0. The molecule has 0 spiro atoms. The van der Waals surface area contributed by atoms with Crippen molar-refractivity contribution < 1.29 is 4.74 Å². The fraction of sp³-hybridized carbons (Fsp3) is 0.467. The molecule has 0 N–H and O–H groups in total. The molecule has 0 aliphatic heterocycles. The van der Waals surface area contributed by atoms with E-state index in [1.54, 1.807) is 7.11 Å². The van der Waals surface area contributed by atoms with E-state index in [0.29, 0.717) is 5.41 Å². The van der Waals surface area contributed by atoms with Gasteiger partial charge in [-0.1, -0.05) is 38.1 Å². The minimum atomic E-state index is 0.359. The van der Waals surface area contributed by atoms with Gasteiger partial charge in [0.15, 0.2) is 0 Å². The van der Waals surface area contributed by atoms with Crippen LogP contribution in [0.3, 0.4) is 0 Å². The van der Waals surface area contributed by atoms with Crippen LogP contribution < -0.4 is 4.74 Å². The van der Waals surface area contributed by atoms with Gasteiger partial charge < -0.3 is 4.74 Å². The normalized spacial score (nSPS) is 28.3. The van der Waals surface area contributed by atoms with Crippen LogP contribution in [0.25, 0.3) is 0 Å². The number of rotatable bonds is 4. The lowest BCUT2D eigenvalue weighted by Gasteiger charge is -2.11. The Morgan fingerprint density at radius 3 is 2.62 bits per heavy atom. The zero-order chi connectivity index (χ0) is 11.6.